The third-order valence-electron chi connectivity index (χ3n) is 3.60. The van der Waals surface area contributed by atoms with E-state index >= 15 is 0 Å². The Labute approximate surface area is 113 Å². The standard InChI is InChI=1S/C16H19N3/c1-10(2)11-3-7-13(8-4-11)16-18-14(12-5-6-12)9-15(17)19-16/h3-4,7-10,12H,5-6H2,1-2H3,(H2,17,18,19). The molecule has 1 aromatic heterocycles. The summed E-state index contributed by atoms with van der Waals surface area (Å²) in [5, 5.41) is 0. The van der Waals surface area contributed by atoms with Crippen LogP contribution in [0, 0.1) is 0 Å². The van der Waals surface area contributed by atoms with Gasteiger partial charge in [0.15, 0.2) is 5.82 Å². The van der Waals surface area contributed by atoms with Crippen molar-refractivity contribution in [3.05, 3.63) is 41.6 Å². The molecular weight excluding hydrogens is 234 g/mol. The Morgan fingerprint density at radius 2 is 1.79 bits per heavy atom. The van der Waals surface area contributed by atoms with Crippen molar-refractivity contribution in [2.24, 2.45) is 0 Å². The van der Waals surface area contributed by atoms with Crippen LogP contribution >= 0.6 is 0 Å². The van der Waals surface area contributed by atoms with Crippen molar-refractivity contribution >= 4 is 5.82 Å². The molecule has 1 fully saturated rings. The molecule has 1 aliphatic rings. The largest absolute Gasteiger partial charge is 0.384 e. The van der Waals surface area contributed by atoms with Crippen LogP contribution in [0.4, 0.5) is 5.82 Å². The second-order valence-corrected chi connectivity index (χ2v) is 5.59. The van der Waals surface area contributed by atoms with E-state index in [0.717, 1.165) is 17.1 Å². The van der Waals surface area contributed by atoms with E-state index in [9.17, 15) is 0 Å². The van der Waals surface area contributed by atoms with Gasteiger partial charge in [0.25, 0.3) is 0 Å². The first-order valence-corrected chi connectivity index (χ1v) is 6.88. The molecule has 3 rings (SSSR count). The first-order chi connectivity index (χ1) is 9.13. The van der Waals surface area contributed by atoms with Crippen LogP contribution in [0.25, 0.3) is 11.4 Å². The van der Waals surface area contributed by atoms with Gasteiger partial charge in [-0.25, -0.2) is 9.97 Å². The number of hydrogen-bond donors (Lipinski definition) is 1. The molecule has 2 aromatic rings. The zero-order valence-electron chi connectivity index (χ0n) is 11.4. The summed E-state index contributed by atoms with van der Waals surface area (Å²) < 4.78 is 0. The Bertz CT molecular complexity index is 583. The van der Waals surface area contributed by atoms with Crippen LogP contribution in [0.5, 0.6) is 0 Å². The van der Waals surface area contributed by atoms with E-state index in [1.54, 1.807) is 0 Å². The molecule has 1 saturated carbocycles. The summed E-state index contributed by atoms with van der Waals surface area (Å²) in [6.07, 6.45) is 2.45. The van der Waals surface area contributed by atoms with Crippen molar-refractivity contribution in [2.75, 3.05) is 5.73 Å². The number of hydrogen-bond acceptors (Lipinski definition) is 3. The molecular formula is C16H19N3. The highest BCUT2D eigenvalue weighted by Crippen LogP contribution is 2.39. The van der Waals surface area contributed by atoms with Crippen LogP contribution in [0.15, 0.2) is 30.3 Å². The fourth-order valence-corrected chi connectivity index (χ4v) is 2.22. The maximum Gasteiger partial charge on any atom is 0.161 e. The van der Waals surface area contributed by atoms with Crippen molar-refractivity contribution in [3.63, 3.8) is 0 Å². The van der Waals surface area contributed by atoms with Gasteiger partial charge in [-0.2, -0.15) is 0 Å². The average Bonchev–Trinajstić information content (AvgIpc) is 3.22. The highest BCUT2D eigenvalue weighted by molar-refractivity contribution is 5.58. The monoisotopic (exact) mass is 253 g/mol. The third kappa shape index (κ3) is 2.60. The van der Waals surface area contributed by atoms with E-state index < -0.39 is 0 Å². The predicted octanol–water partition coefficient (Wildman–Crippen LogP) is 3.73. The summed E-state index contributed by atoms with van der Waals surface area (Å²) in [5.74, 6) is 2.45. The Balaban J connectivity index is 1.96. The van der Waals surface area contributed by atoms with E-state index in [1.165, 1.54) is 18.4 Å². The Kier molecular flexibility index (Phi) is 2.97. The number of benzene rings is 1. The molecule has 0 unspecified atom stereocenters. The minimum atomic E-state index is 0.540. The number of anilines is 1. The van der Waals surface area contributed by atoms with Gasteiger partial charge in [0.1, 0.15) is 5.82 Å². The second-order valence-electron chi connectivity index (χ2n) is 5.59. The molecule has 3 nitrogen and oxygen atoms in total. The SMILES string of the molecule is CC(C)c1ccc(-c2nc(N)cc(C3CC3)n2)cc1. The molecule has 1 aliphatic carbocycles. The zero-order chi connectivity index (χ0) is 13.4. The summed E-state index contributed by atoms with van der Waals surface area (Å²) >= 11 is 0. The summed E-state index contributed by atoms with van der Waals surface area (Å²) in [4.78, 5) is 9.00. The summed E-state index contributed by atoms with van der Waals surface area (Å²) in [7, 11) is 0. The minimum absolute atomic E-state index is 0.540. The Morgan fingerprint density at radius 1 is 1.11 bits per heavy atom. The fraction of sp³-hybridized carbons (Fsp3) is 0.375. The maximum absolute atomic E-state index is 5.89. The van der Waals surface area contributed by atoms with Crippen LogP contribution < -0.4 is 5.73 Å². The molecule has 0 atom stereocenters. The van der Waals surface area contributed by atoms with Crippen molar-refractivity contribution in [1.82, 2.24) is 9.97 Å². The fourth-order valence-electron chi connectivity index (χ4n) is 2.22. The molecule has 3 heteroatoms. The van der Waals surface area contributed by atoms with Gasteiger partial charge in [0.2, 0.25) is 0 Å². The topological polar surface area (TPSA) is 51.8 Å². The van der Waals surface area contributed by atoms with Gasteiger partial charge in [-0.15, -0.1) is 0 Å². The van der Waals surface area contributed by atoms with Gasteiger partial charge in [0, 0.05) is 23.2 Å². The van der Waals surface area contributed by atoms with Gasteiger partial charge >= 0.3 is 0 Å². The predicted molar refractivity (Wildman–Crippen MR) is 77.9 cm³/mol. The zero-order valence-corrected chi connectivity index (χ0v) is 11.4. The molecule has 0 amide bonds. The van der Waals surface area contributed by atoms with Gasteiger partial charge in [-0.3, -0.25) is 0 Å². The van der Waals surface area contributed by atoms with Crippen molar-refractivity contribution in [3.8, 4) is 11.4 Å². The smallest absolute Gasteiger partial charge is 0.161 e. The molecule has 19 heavy (non-hydrogen) atoms. The van der Waals surface area contributed by atoms with Crippen molar-refractivity contribution in [2.45, 2.75) is 38.5 Å². The molecule has 0 aliphatic heterocycles. The summed E-state index contributed by atoms with van der Waals surface area (Å²) in [5.41, 5.74) is 9.35. The van der Waals surface area contributed by atoms with Crippen molar-refractivity contribution < 1.29 is 0 Å². The minimum Gasteiger partial charge on any atom is -0.384 e. The number of nitrogens with zero attached hydrogens (tertiary/aromatic N) is 2. The lowest BCUT2D eigenvalue weighted by atomic mass is 10.0. The average molecular weight is 253 g/mol. The molecule has 0 bridgehead atoms. The molecule has 98 valence electrons. The molecule has 1 heterocycles. The summed E-state index contributed by atoms with van der Waals surface area (Å²) in [6.45, 7) is 4.38. The number of rotatable bonds is 3. The van der Waals surface area contributed by atoms with Crippen LogP contribution in [0.2, 0.25) is 0 Å². The number of aromatic nitrogens is 2. The van der Waals surface area contributed by atoms with E-state index in [0.29, 0.717) is 17.7 Å². The molecule has 2 N–H and O–H groups in total. The van der Waals surface area contributed by atoms with Crippen molar-refractivity contribution in [1.29, 1.82) is 0 Å². The molecule has 1 aromatic carbocycles. The van der Waals surface area contributed by atoms with E-state index in [4.69, 9.17) is 5.73 Å². The molecule has 0 spiro atoms. The first-order valence-electron chi connectivity index (χ1n) is 6.88. The lowest BCUT2D eigenvalue weighted by molar-refractivity contribution is 0.866. The molecule has 0 saturated heterocycles. The van der Waals surface area contributed by atoms with E-state index in [1.807, 2.05) is 6.07 Å². The van der Waals surface area contributed by atoms with Crippen LogP contribution in [-0.4, -0.2) is 9.97 Å². The molecule has 0 radical (unpaired) electrons. The van der Waals surface area contributed by atoms with E-state index in [-0.39, 0.29) is 0 Å². The highest BCUT2D eigenvalue weighted by atomic mass is 15.0. The number of nitrogen functional groups attached to an aromatic ring is 1. The first kappa shape index (κ1) is 12.2. The van der Waals surface area contributed by atoms with Gasteiger partial charge < -0.3 is 5.73 Å². The summed E-state index contributed by atoms with van der Waals surface area (Å²) in [6, 6.07) is 10.4. The maximum atomic E-state index is 5.89. The quantitative estimate of drug-likeness (QED) is 0.906. The normalized spacial score (nSPS) is 14.9. The number of nitrogens with two attached hydrogens (primary N) is 1. The van der Waals surface area contributed by atoms with E-state index in [2.05, 4.69) is 48.1 Å². The Hall–Kier alpha value is -1.90. The van der Waals surface area contributed by atoms with Gasteiger partial charge in [-0.1, -0.05) is 38.1 Å². The van der Waals surface area contributed by atoms with Gasteiger partial charge in [0.05, 0.1) is 0 Å². The third-order valence-corrected chi connectivity index (χ3v) is 3.60. The lowest BCUT2D eigenvalue weighted by Gasteiger charge is -2.08. The van der Waals surface area contributed by atoms with Crippen LogP contribution in [0.3, 0.4) is 0 Å². The van der Waals surface area contributed by atoms with Gasteiger partial charge in [-0.05, 0) is 24.3 Å². The highest BCUT2D eigenvalue weighted by Gasteiger charge is 2.26. The van der Waals surface area contributed by atoms with Crippen LogP contribution in [0.1, 0.15) is 49.8 Å². The lowest BCUT2D eigenvalue weighted by Crippen LogP contribution is -1.99. The second kappa shape index (κ2) is 4.65. The van der Waals surface area contributed by atoms with Crippen LogP contribution in [-0.2, 0) is 0 Å². The Morgan fingerprint density at radius 3 is 2.37 bits per heavy atom.